The molecule has 0 amide bonds. The van der Waals surface area contributed by atoms with Gasteiger partial charge in [0.25, 0.3) is 0 Å². The van der Waals surface area contributed by atoms with Gasteiger partial charge < -0.3 is 18.3 Å². The summed E-state index contributed by atoms with van der Waals surface area (Å²) in [4.78, 5) is 0. The van der Waals surface area contributed by atoms with Gasteiger partial charge in [0.1, 0.15) is 0 Å². The number of aromatic nitrogens is 4. The average molecular weight is 997 g/mol. The van der Waals surface area contributed by atoms with Crippen LogP contribution in [0.1, 0.15) is 0 Å². The fourth-order valence-electron chi connectivity index (χ4n) is 12.9. The predicted molar refractivity (Wildman–Crippen MR) is 328 cm³/mol. The number of rotatable bonds is 6. The molecule has 0 aliphatic rings. The van der Waals surface area contributed by atoms with Gasteiger partial charge in [0.05, 0.1) is 44.1 Å². The maximum atomic E-state index is 2.49. The van der Waals surface area contributed by atoms with Gasteiger partial charge in [-0.25, -0.2) is 0 Å². The Labute approximate surface area is 446 Å². The normalized spacial score (nSPS) is 12.2. The third kappa shape index (κ3) is 6.20. The maximum Gasteiger partial charge on any atom is 0.0555 e. The van der Waals surface area contributed by atoms with Crippen LogP contribution in [0.3, 0.4) is 0 Å². The molecular weight excluding hydrogens is 953 g/mol. The molecule has 5 heteroatoms. The van der Waals surface area contributed by atoms with E-state index in [0.29, 0.717) is 0 Å². The molecule has 5 aromatic heterocycles. The summed E-state index contributed by atoms with van der Waals surface area (Å²) in [5.41, 5.74) is 19.0. The van der Waals surface area contributed by atoms with E-state index in [4.69, 9.17) is 0 Å². The van der Waals surface area contributed by atoms with Crippen LogP contribution in [0, 0.1) is 0 Å². The van der Waals surface area contributed by atoms with Crippen molar-refractivity contribution in [1.82, 2.24) is 18.3 Å². The lowest BCUT2D eigenvalue weighted by molar-refractivity contribution is 1.18. The second-order valence-electron chi connectivity index (χ2n) is 20.4. The van der Waals surface area contributed by atoms with Crippen LogP contribution in [-0.4, -0.2) is 18.3 Å². The third-order valence-corrected chi connectivity index (χ3v) is 17.5. The maximum absolute atomic E-state index is 2.49. The molecule has 358 valence electrons. The Balaban J connectivity index is 0.875. The van der Waals surface area contributed by atoms with Crippen LogP contribution in [0.15, 0.2) is 267 Å². The summed E-state index contributed by atoms with van der Waals surface area (Å²) < 4.78 is 12.3. The van der Waals surface area contributed by atoms with Gasteiger partial charge in [-0.1, -0.05) is 140 Å². The Morgan fingerprint density at radius 3 is 1.03 bits per heavy atom. The lowest BCUT2D eigenvalue weighted by Crippen LogP contribution is -1.94. The van der Waals surface area contributed by atoms with Crippen molar-refractivity contribution in [2.24, 2.45) is 0 Å². The zero-order valence-corrected chi connectivity index (χ0v) is 42.4. The topological polar surface area (TPSA) is 19.7 Å². The highest BCUT2D eigenvalue weighted by atomic mass is 32.1. The van der Waals surface area contributed by atoms with E-state index in [2.05, 4.69) is 285 Å². The standard InChI is InChI=1S/C72H44N4S/c1-4-16-49(17-5-1)73-62-25-13-10-22-53(62)57-40-45(28-34-65(57)73)47-30-36-67-59(42-47)60-43-48(46-29-35-66-58(41-46)54-23-11-14-26-63(54)74(66)50-18-6-2-7-19-50)31-37-68(60)76(67)52-32-39-70-61(44-52)55-33-38-69-71(72(55)77-70)56-24-12-15-27-64(56)75(69)51-20-8-3-9-21-51/h1-44H. The number of hydrogen-bond acceptors (Lipinski definition) is 1. The molecule has 0 aliphatic heterocycles. The van der Waals surface area contributed by atoms with Crippen molar-refractivity contribution >= 4 is 119 Å². The van der Waals surface area contributed by atoms with Gasteiger partial charge in [0, 0.05) is 86.0 Å². The van der Waals surface area contributed by atoms with Gasteiger partial charge in [-0.2, -0.15) is 0 Å². The van der Waals surface area contributed by atoms with Gasteiger partial charge in [0.2, 0.25) is 0 Å². The molecule has 0 fully saturated rings. The molecule has 17 rings (SSSR count). The molecule has 0 saturated heterocycles. The highest BCUT2D eigenvalue weighted by Crippen LogP contribution is 2.46. The SMILES string of the molecule is c1ccc(-n2c3ccccc3c3cc(-c4ccc5c(c4)c4cc(-c6ccc7c(c6)c6ccccc6n7-c6ccccc6)ccc4n5-c4ccc5sc6c(ccc7c6c6ccccc6n7-c6ccccc6)c5c4)ccc32)cc1. The van der Waals surface area contributed by atoms with Crippen molar-refractivity contribution in [2.75, 3.05) is 0 Å². The Hall–Kier alpha value is -9.94. The zero-order chi connectivity index (χ0) is 50.3. The first kappa shape index (κ1) is 42.4. The van der Waals surface area contributed by atoms with Crippen LogP contribution in [0.25, 0.3) is 152 Å². The van der Waals surface area contributed by atoms with Crippen LogP contribution in [0.4, 0.5) is 0 Å². The highest BCUT2D eigenvalue weighted by Gasteiger charge is 2.21. The van der Waals surface area contributed by atoms with Gasteiger partial charge in [-0.3, -0.25) is 0 Å². The first-order valence-electron chi connectivity index (χ1n) is 26.4. The molecule has 0 spiro atoms. The van der Waals surface area contributed by atoms with E-state index in [-0.39, 0.29) is 0 Å². The monoisotopic (exact) mass is 996 g/mol. The molecule has 0 radical (unpaired) electrons. The molecule has 5 heterocycles. The summed E-state index contributed by atoms with van der Waals surface area (Å²) >= 11 is 1.90. The molecule has 0 saturated carbocycles. The molecule has 0 bridgehead atoms. The molecule has 0 unspecified atom stereocenters. The van der Waals surface area contributed by atoms with Crippen LogP contribution in [-0.2, 0) is 0 Å². The molecule has 0 N–H and O–H groups in total. The Bertz CT molecular complexity index is 5050. The summed E-state index contributed by atoms with van der Waals surface area (Å²) in [7, 11) is 0. The van der Waals surface area contributed by atoms with Crippen LogP contribution in [0.2, 0.25) is 0 Å². The summed E-state index contributed by atoms with van der Waals surface area (Å²) in [6, 6.07) is 98.7. The molecule has 0 atom stereocenters. The average Bonchev–Trinajstić information content (AvgIpc) is 4.41. The van der Waals surface area contributed by atoms with Crippen LogP contribution in [0.5, 0.6) is 0 Å². The van der Waals surface area contributed by atoms with Gasteiger partial charge in [0.15, 0.2) is 0 Å². The number of thiophene rings is 1. The number of hydrogen-bond donors (Lipinski definition) is 0. The lowest BCUT2D eigenvalue weighted by atomic mass is 9.98. The smallest absolute Gasteiger partial charge is 0.0555 e. The Morgan fingerprint density at radius 1 is 0.208 bits per heavy atom. The van der Waals surface area contributed by atoms with Gasteiger partial charge in [-0.05, 0) is 150 Å². The van der Waals surface area contributed by atoms with Gasteiger partial charge >= 0.3 is 0 Å². The second kappa shape index (κ2) is 16.3. The van der Waals surface area contributed by atoms with E-state index in [1.165, 1.54) is 135 Å². The van der Waals surface area contributed by atoms with Crippen molar-refractivity contribution in [3.05, 3.63) is 267 Å². The van der Waals surface area contributed by atoms with E-state index in [1.807, 2.05) is 11.3 Å². The van der Waals surface area contributed by atoms with E-state index in [0.717, 1.165) is 17.1 Å². The number of fused-ring (bicyclic) bond motifs is 16. The van der Waals surface area contributed by atoms with Gasteiger partial charge in [-0.15, -0.1) is 11.3 Å². The molecule has 4 nitrogen and oxygen atoms in total. The number of para-hydroxylation sites is 6. The van der Waals surface area contributed by atoms with Crippen molar-refractivity contribution < 1.29 is 0 Å². The summed E-state index contributed by atoms with van der Waals surface area (Å²) in [6.45, 7) is 0. The number of benzene rings is 12. The molecule has 12 aromatic carbocycles. The Kier molecular flexibility index (Phi) is 8.97. The van der Waals surface area contributed by atoms with E-state index < -0.39 is 0 Å². The van der Waals surface area contributed by atoms with E-state index in [9.17, 15) is 0 Å². The first-order chi connectivity index (χ1) is 38.2. The fourth-order valence-corrected chi connectivity index (χ4v) is 14.2. The summed E-state index contributed by atoms with van der Waals surface area (Å²) in [5, 5.41) is 12.6. The largest absolute Gasteiger partial charge is 0.309 e. The van der Waals surface area contributed by atoms with Crippen molar-refractivity contribution in [3.63, 3.8) is 0 Å². The molecular formula is C72H44N4S. The van der Waals surface area contributed by atoms with Crippen molar-refractivity contribution in [1.29, 1.82) is 0 Å². The van der Waals surface area contributed by atoms with E-state index >= 15 is 0 Å². The quantitative estimate of drug-likeness (QED) is 0.158. The number of nitrogens with zero attached hydrogens (tertiary/aromatic N) is 4. The molecule has 77 heavy (non-hydrogen) atoms. The molecule has 17 aromatic rings. The molecule has 0 aliphatic carbocycles. The minimum absolute atomic E-state index is 1.15. The van der Waals surface area contributed by atoms with Crippen molar-refractivity contribution in [2.45, 2.75) is 0 Å². The summed E-state index contributed by atoms with van der Waals surface area (Å²) in [6.07, 6.45) is 0. The second-order valence-corrected chi connectivity index (χ2v) is 21.5. The van der Waals surface area contributed by atoms with Crippen LogP contribution < -0.4 is 0 Å². The fraction of sp³-hybridized carbons (Fsp3) is 0. The lowest BCUT2D eigenvalue weighted by Gasteiger charge is -2.10. The van der Waals surface area contributed by atoms with Crippen molar-refractivity contribution in [3.8, 4) is 45.0 Å². The Morgan fingerprint density at radius 2 is 0.558 bits per heavy atom. The zero-order valence-electron chi connectivity index (χ0n) is 41.6. The minimum Gasteiger partial charge on any atom is -0.309 e. The van der Waals surface area contributed by atoms with Crippen LogP contribution >= 0.6 is 11.3 Å². The highest BCUT2D eigenvalue weighted by molar-refractivity contribution is 7.26. The summed E-state index contributed by atoms with van der Waals surface area (Å²) in [5.74, 6) is 0. The van der Waals surface area contributed by atoms with E-state index in [1.54, 1.807) is 0 Å². The third-order valence-electron chi connectivity index (χ3n) is 16.3. The predicted octanol–water partition coefficient (Wildman–Crippen LogP) is 19.8. The minimum atomic E-state index is 1.15. The first-order valence-corrected chi connectivity index (χ1v) is 27.2.